The Balaban J connectivity index is 2.51. The molecule has 4 nitrogen and oxygen atoms in total. The quantitative estimate of drug-likeness (QED) is 0.829. The maximum Gasteiger partial charge on any atom is 0.254 e. The third-order valence-corrected chi connectivity index (χ3v) is 2.27. The Hall–Kier alpha value is -1.84. The number of rotatable bonds is 3. The Bertz CT molecular complexity index is 502. The Morgan fingerprint density at radius 3 is 3.07 bits per heavy atom. The van der Waals surface area contributed by atoms with Crippen molar-refractivity contribution in [2.75, 3.05) is 0 Å². The molecule has 0 aliphatic carbocycles. The van der Waals surface area contributed by atoms with Gasteiger partial charge in [0, 0.05) is 6.20 Å². The van der Waals surface area contributed by atoms with Gasteiger partial charge in [0.05, 0.1) is 0 Å². The highest BCUT2D eigenvalue weighted by Crippen LogP contribution is 2.19. The molecule has 2 N–H and O–H groups in total. The summed E-state index contributed by atoms with van der Waals surface area (Å²) in [6.45, 7) is 2.10. The highest BCUT2D eigenvalue weighted by atomic mass is 16.3. The van der Waals surface area contributed by atoms with Crippen molar-refractivity contribution in [2.45, 2.75) is 19.8 Å². The van der Waals surface area contributed by atoms with Crippen molar-refractivity contribution in [1.29, 1.82) is 0 Å². The standard InChI is InChI=1S/C11H12N2O2/c1-2-3-7-4-9-10(13-5-7)8(6-15-9)11(12)14/h4-6H,2-3H2,1H3,(H2,12,14). The van der Waals surface area contributed by atoms with E-state index < -0.39 is 5.91 Å². The van der Waals surface area contributed by atoms with Crippen LogP contribution in [-0.2, 0) is 6.42 Å². The molecule has 0 unspecified atom stereocenters. The van der Waals surface area contributed by atoms with Crippen molar-refractivity contribution in [3.8, 4) is 0 Å². The lowest BCUT2D eigenvalue weighted by molar-refractivity contribution is 0.100. The molecule has 2 aromatic rings. The van der Waals surface area contributed by atoms with Crippen molar-refractivity contribution in [3.05, 3.63) is 29.7 Å². The van der Waals surface area contributed by atoms with Crippen LogP contribution in [0.5, 0.6) is 0 Å². The maximum absolute atomic E-state index is 11.0. The summed E-state index contributed by atoms with van der Waals surface area (Å²) in [6.07, 6.45) is 5.12. The molecule has 0 aromatic carbocycles. The molecular weight excluding hydrogens is 192 g/mol. The predicted octanol–water partition coefficient (Wildman–Crippen LogP) is 1.88. The Kier molecular flexibility index (Phi) is 2.41. The van der Waals surface area contributed by atoms with E-state index in [1.54, 1.807) is 6.20 Å². The molecule has 0 fully saturated rings. The number of aryl methyl sites for hydroxylation is 1. The second-order valence-electron chi connectivity index (χ2n) is 3.45. The zero-order valence-electron chi connectivity index (χ0n) is 8.49. The number of hydrogen-bond donors (Lipinski definition) is 1. The monoisotopic (exact) mass is 204 g/mol. The van der Waals surface area contributed by atoms with Crippen LogP contribution in [0, 0.1) is 0 Å². The highest BCUT2D eigenvalue weighted by Gasteiger charge is 2.11. The van der Waals surface area contributed by atoms with Crippen LogP contribution in [0.25, 0.3) is 11.1 Å². The van der Waals surface area contributed by atoms with Crippen LogP contribution < -0.4 is 5.73 Å². The Morgan fingerprint density at radius 2 is 2.40 bits per heavy atom. The van der Waals surface area contributed by atoms with E-state index in [2.05, 4.69) is 11.9 Å². The molecule has 2 rings (SSSR count). The average Bonchev–Trinajstić information content (AvgIpc) is 2.61. The van der Waals surface area contributed by atoms with E-state index in [-0.39, 0.29) is 0 Å². The Labute approximate surface area is 87.1 Å². The van der Waals surface area contributed by atoms with Crippen LogP contribution in [0.15, 0.2) is 22.9 Å². The van der Waals surface area contributed by atoms with Crippen LogP contribution >= 0.6 is 0 Å². The normalized spacial score (nSPS) is 10.7. The molecule has 0 aliphatic rings. The van der Waals surface area contributed by atoms with Gasteiger partial charge in [-0.15, -0.1) is 0 Å². The van der Waals surface area contributed by atoms with E-state index in [0.717, 1.165) is 18.4 Å². The largest absolute Gasteiger partial charge is 0.462 e. The van der Waals surface area contributed by atoms with E-state index in [9.17, 15) is 4.79 Å². The van der Waals surface area contributed by atoms with Crippen molar-refractivity contribution < 1.29 is 9.21 Å². The number of fused-ring (bicyclic) bond motifs is 1. The van der Waals surface area contributed by atoms with Gasteiger partial charge in [0.15, 0.2) is 5.58 Å². The van der Waals surface area contributed by atoms with Gasteiger partial charge < -0.3 is 10.2 Å². The van der Waals surface area contributed by atoms with E-state index >= 15 is 0 Å². The van der Waals surface area contributed by atoms with Gasteiger partial charge in [-0.05, 0) is 18.1 Å². The minimum atomic E-state index is -0.510. The number of nitrogens with zero attached hydrogens (tertiary/aromatic N) is 1. The van der Waals surface area contributed by atoms with Crippen LogP contribution in [0.3, 0.4) is 0 Å². The number of carbonyl (C=O) groups is 1. The number of aromatic nitrogens is 1. The van der Waals surface area contributed by atoms with E-state index in [1.807, 2.05) is 6.07 Å². The third-order valence-electron chi connectivity index (χ3n) is 2.27. The number of carbonyl (C=O) groups excluding carboxylic acids is 1. The van der Waals surface area contributed by atoms with Gasteiger partial charge in [-0.3, -0.25) is 9.78 Å². The van der Waals surface area contributed by atoms with Crippen LogP contribution in [-0.4, -0.2) is 10.9 Å². The lowest BCUT2D eigenvalue weighted by atomic mass is 10.1. The SMILES string of the molecule is CCCc1cnc2c(C(N)=O)coc2c1. The first-order valence-electron chi connectivity index (χ1n) is 4.88. The van der Waals surface area contributed by atoms with Gasteiger partial charge in [-0.2, -0.15) is 0 Å². The smallest absolute Gasteiger partial charge is 0.254 e. The molecule has 0 atom stereocenters. The number of amides is 1. The van der Waals surface area contributed by atoms with Gasteiger partial charge in [0.2, 0.25) is 0 Å². The lowest BCUT2D eigenvalue weighted by Gasteiger charge is -1.97. The molecule has 2 aromatic heterocycles. The molecule has 0 aliphatic heterocycles. The fourth-order valence-electron chi connectivity index (χ4n) is 1.56. The first-order valence-corrected chi connectivity index (χ1v) is 4.88. The molecule has 0 spiro atoms. The fraction of sp³-hybridized carbons (Fsp3) is 0.273. The maximum atomic E-state index is 11.0. The topological polar surface area (TPSA) is 69.1 Å². The second-order valence-corrected chi connectivity index (χ2v) is 3.45. The molecule has 1 amide bonds. The first kappa shape index (κ1) is 9.71. The summed E-state index contributed by atoms with van der Waals surface area (Å²) < 4.78 is 5.23. The van der Waals surface area contributed by atoms with Gasteiger partial charge in [-0.1, -0.05) is 13.3 Å². The van der Waals surface area contributed by atoms with E-state index in [4.69, 9.17) is 10.2 Å². The van der Waals surface area contributed by atoms with Gasteiger partial charge in [0.1, 0.15) is 17.3 Å². The third kappa shape index (κ3) is 1.70. The molecule has 0 bridgehead atoms. The summed E-state index contributed by atoms with van der Waals surface area (Å²) in [6, 6.07) is 1.90. The van der Waals surface area contributed by atoms with Crippen molar-refractivity contribution in [2.24, 2.45) is 5.73 Å². The second kappa shape index (κ2) is 3.73. The summed E-state index contributed by atoms with van der Waals surface area (Å²) in [5, 5.41) is 0. The lowest BCUT2D eigenvalue weighted by Crippen LogP contribution is -2.10. The summed E-state index contributed by atoms with van der Waals surface area (Å²) in [7, 11) is 0. The molecule has 78 valence electrons. The molecule has 0 radical (unpaired) electrons. The zero-order valence-corrected chi connectivity index (χ0v) is 8.49. The molecule has 0 saturated carbocycles. The van der Waals surface area contributed by atoms with Crippen LogP contribution in [0.4, 0.5) is 0 Å². The number of pyridine rings is 1. The molecule has 15 heavy (non-hydrogen) atoms. The fourth-order valence-corrected chi connectivity index (χ4v) is 1.56. The number of primary amides is 1. The first-order chi connectivity index (χ1) is 7.22. The highest BCUT2D eigenvalue weighted by molar-refractivity contribution is 6.03. The van der Waals surface area contributed by atoms with Crippen LogP contribution in [0.1, 0.15) is 29.3 Å². The summed E-state index contributed by atoms with van der Waals surface area (Å²) in [4.78, 5) is 15.2. The molecule has 0 saturated heterocycles. The number of hydrogen-bond acceptors (Lipinski definition) is 3. The van der Waals surface area contributed by atoms with Crippen molar-refractivity contribution >= 4 is 17.0 Å². The summed E-state index contributed by atoms with van der Waals surface area (Å²) in [5.74, 6) is -0.510. The minimum absolute atomic E-state index is 0.341. The zero-order chi connectivity index (χ0) is 10.8. The summed E-state index contributed by atoms with van der Waals surface area (Å²) in [5.41, 5.74) is 7.79. The van der Waals surface area contributed by atoms with Crippen molar-refractivity contribution in [1.82, 2.24) is 4.98 Å². The van der Waals surface area contributed by atoms with Crippen molar-refractivity contribution in [3.63, 3.8) is 0 Å². The van der Waals surface area contributed by atoms with Gasteiger partial charge >= 0.3 is 0 Å². The average molecular weight is 204 g/mol. The predicted molar refractivity (Wildman–Crippen MR) is 56.5 cm³/mol. The summed E-state index contributed by atoms with van der Waals surface area (Å²) >= 11 is 0. The van der Waals surface area contributed by atoms with Gasteiger partial charge in [0.25, 0.3) is 5.91 Å². The number of nitrogens with two attached hydrogens (primary N) is 1. The number of furan rings is 1. The van der Waals surface area contributed by atoms with E-state index in [0.29, 0.717) is 16.7 Å². The molecule has 4 heteroatoms. The molecule has 2 heterocycles. The van der Waals surface area contributed by atoms with Crippen LogP contribution in [0.2, 0.25) is 0 Å². The minimum Gasteiger partial charge on any atom is -0.462 e. The Morgan fingerprint density at radius 1 is 1.60 bits per heavy atom. The van der Waals surface area contributed by atoms with Gasteiger partial charge in [-0.25, -0.2) is 0 Å². The molecular formula is C11H12N2O2. The van der Waals surface area contributed by atoms with E-state index in [1.165, 1.54) is 6.26 Å².